The monoisotopic (exact) mass is 477 g/mol. The summed E-state index contributed by atoms with van der Waals surface area (Å²) in [7, 11) is 0. The van der Waals surface area contributed by atoms with Gasteiger partial charge in [0.1, 0.15) is 11.2 Å². The number of likely N-dealkylation sites (tertiary alicyclic amines) is 1. The Kier molecular flexibility index (Phi) is 4.90. The van der Waals surface area contributed by atoms with Gasteiger partial charge in [0.2, 0.25) is 0 Å². The number of nitrogens with one attached hydrogen (secondary N) is 1. The first kappa shape index (κ1) is 21.8. The number of aromatic nitrogens is 4. The predicted octanol–water partition coefficient (Wildman–Crippen LogP) is 5.25. The summed E-state index contributed by atoms with van der Waals surface area (Å²) in [5, 5.41) is 15.0. The van der Waals surface area contributed by atoms with Gasteiger partial charge in [0, 0.05) is 34.6 Å². The second kappa shape index (κ2) is 7.65. The van der Waals surface area contributed by atoms with Gasteiger partial charge in [0.15, 0.2) is 5.65 Å². The van der Waals surface area contributed by atoms with Gasteiger partial charge in [0.25, 0.3) is 0 Å². The summed E-state index contributed by atoms with van der Waals surface area (Å²) in [6, 6.07) is 0.408. The molecule has 2 fully saturated rings. The zero-order valence-corrected chi connectivity index (χ0v) is 21.2. The number of fused-ring (bicyclic) bond motifs is 4. The number of carboxylic acid groups (broad SMARTS) is 1. The Morgan fingerprint density at radius 3 is 2.71 bits per heavy atom. The lowest BCUT2D eigenvalue weighted by Crippen LogP contribution is -2.38. The van der Waals surface area contributed by atoms with E-state index in [0.29, 0.717) is 23.8 Å². The number of carboxylic acids is 1. The molecular formula is C26H31N5O2S. The van der Waals surface area contributed by atoms with Crippen LogP contribution in [0.5, 0.6) is 0 Å². The summed E-state index contributed by atoms with van der Waals surface area (Å²) < 4.78 is 1.88. The average Bonchev–Trinajstić information content (AvgIpc) is 3.57. The second-order valence-electron chi connectivity index (χ2n) is 10.5. The molecule has 1 aliphatic heterocycles. The molecule has 8 heteroatoms. The highest BCUT2D eigenvalue weighted by Crippen LogP contribution is 2.53. The molecule has 34 heavy (non-hydrogen) atoms. The van der Waals surface area contributed by atoms with Crippen molar-refractivity contribution in [1.29, 1.82) is 0 Å². The molecule has 4 aromatic rings. The van der Waals surface area contributed by atoms with E-state index in [2.05, 4.69) is 60.8 Å². The minimum absolute atomic E-state index is 0.174. The molecule has 0 spiro atoms. The van der Waals surface area contributed by atoms with E-state index in [0.717, 1.165) is 30.6 Å². The SMILES string of the molecule is Cc1c(-c2[nH]c3sc([C@@H]4C[C@@H]5C[C@H]4CN5CC(=O)O)c(C)c3c2C(C)C)cn2ncnc2c1C. The lowest BCUT2D eigenvalue weighted by Gasteiger charge is -2.30. The number of rotatable bonds is 5. The molecule has 5 heterocycles. The first-order valence-corrected chi connectivity index (χ1v) is 13.0. The molecule has 0 unspecified atom stereocenters. The van der Waals surface area contributed by atoms with Crippen molar-refractivity contribution in [2.24, 2.45) is 5.92 Å². The molecule has 2 N–H and O–H groups in total. The van der Waals surface area contributed by atoms with Crippen molar-refractivity contribution >= 4 is 33.2 Å². The molecule has 0 aromatic carbocycles. The zero-order valence-electron chi connectivity index (χ0n) is 20.3. The molecule has 2 aliphatic rings. The lowest BCUT2D eigenvalue weighted by atomic mass is 9.88. The maximum absolute atomic E-state index is 11.2. The first-order chi connectivity index (χ1) is 16.2. The van der Waals surface area contributed by atoms with Gasteiger partial charge in [-0.2, -0.15) is 5.10 Å². The third-order valence-electron chi connectivity index (χ3n) is 8.26. The second-order valence-corrected chi connectivity index (χ2v) is 11.6. The minimum Gasteiger partial charge on any atom is -0.480 e. The van der Waals surface area contributed by atoms with Gasteiger partial charge in [-0.1, -0.05) is 13.8 Å². The maximum atomic E-state index is 11.2. The van der Waals surface area contributed by atoms with Crippen molar-refractivity contribution in [1.82, 2.24) is 24.5 Å². The summed E-state index contributed by atoms with van der Waals surface area (Å²) in [6.45, 7) is 12.2. The molecule has 7 nitrogen and oxygen atoms in total. The first-order valence-electron chi connectivity index (χ1n) is 12.1. The highest BCUT2D eigenvalue weighted by molar-refractivity contribution is 7.19. The van der Waals surface area contributed by atoms with Crippen molar-refractivity contribution in [2.45, 2.75) is 65.3 Å². The van der Waals surface area contributed by atoms with E-state index in [4.69, 9.17) is 0 Å². The molecule has 4 aromatic heterocycles. The van der Waals surface area contributed by atoms with Gasteiger partial charge in [-0.05, 0) is 73.6 Å². The number of H-pyrrole nitrogens is 1. The Morgan fingerprint density at radius 2 is 2.03 bits per heavy atom. The van der Waals surface area contributed by atoms with Crippen LogP contribution < -0.4 is 0 Å². The molecule has 1 aliphatic carbocycles. The average molecular weight is 478 g/mol. The Bertz CT molecular complexity index is 1440. The van der Waals surface area contributed by atoms with Crippen LogP contribution in [-0.4, -0.2) is 54.7 Å². The summed E-state index contributed by atoms with van der Waals surface area (Å²) in [4.78, 5) is 24.4. The number of piperidine rings is 1. The standard InChI is InChI=1S/C26H31N5O2S/c1-12(2)21-22-15(5)24(18-7-17-6-16(18)8-30(17)10-20(32)33)34-26(22)29-23(21)19-9-31-25(27-11-28-31)14(4)13(19)3/h9,11-12,16-18,29H,6-8,10H2,1-5H3,(H,32,33)/t16-,17-,18+/m0/s1. The van der Waals surface area contributed by atoms with Crippen molar-refractivity contribution < 1.29 is 9.90 Å². The molecule has 2 bridgehead atoms. The van der Waals surface area contributed by atoms with E-state index < -0.39 is 5.97 Å². The van der Waals surface area contributed by atoms with Gasteiger partial charge in [-0.15, -0.1) is 11.3 Å². The number of aliphatic carboxylic acids is 1. The van der Waals surface area contributed by atoms with E-state index in [1.54, 1.807) is 6.33 Å². The van der Waals surface area contributed by atoms with E-state index in [1.165, 1.54) is 43.0 Å². The molecule has 1 saturated carbocycles. The highest BCUT2D eigenvalue weighted by atomic mass is 32.1. The van der Waals surface area contributed by atoms with Gasteiger partial charge < -0.3 is 10.1 Å². The molecule has 0 radical (unpaired) electrons. The fourth-order valence-corrected chi connectivity index (χ4v) is 8.01. The molecule has 3 atom stereocenters. The van der Waals surface area contributed by atoms with Crippen LogP contribution in [0.1, 0.15) is 65.7 Å². The molecule has 178 valence electrons. The van der Waals surface area contributed by atoms with Crippen LogP contribution in [0.2, 0.25) is 0 Å². The maximum Gasteiger partial charge on any atom is 0.317 e. The largest absolute Gasteiger partial charge is 0.480 e. The van der Waals surface area contributed by atoms with Crippen LogP contribution in [0.25, 0.3) is 27.1 Å². The lowest BCUT2D eigenvalue weighted by molar-refractivity contribution is -0.138. The summed E-state index contributed by atoms with van der Waals surface area (Å²) in [6.07, 6.45) is 5.93. The molecule has 1 saturated heterocycles. The number of thiophene rings is 1. The van der Waals surface area contributed by atoms with E-state index in [9.17, 15) is 9.90 Å². The Balaban J connectivity index is 1.43. The predicted molar refractivity (Wildman–Crippen MR) is 135 cm³/mol. The van der Waals surface area contributed by atoms with Gasteiger partial charge in [-0.3, -0.25) is 9.69 Å². The smallest absolute Gasteiger partial charge is 0.317 e. The Morgan fingerprint density at radius 1 is 1.24 bits per heavy atom. The van der Waals surface area contributed by atoms with Crippen LogP contribution in [0.3, 0.4) is 0 Å². The fourth-order valence-electron chi connectivity index (χ4n) is 6.58. The quantitative estimate of drug-likeness (QED) is 0.410. The minimum atomic E-state index is -0.714. The Labute approximate surface area is 202 Å². The van der Waals surface area contributed by atoms with Gasteiger partial charge >= 0.3 is 5.97 Å². The van der Waals surface area contributed by atoms with Crippen LogP contribution in [0.4, 0.5) is 0 Å². The summed E-state index contributed by atoms with van der Waals surface area (Å²) in [5.41, 5.74) is 8.48. The number of aryl methyl sites for hydroxylation is 2. The number of hydrogen-bond donors (Lipinski definition) is 2. The summed E-state index contributed by atoms with van der Waals surface area (Å²) in [5.74, 6) is 0.766. The number of nitrogens with zero attached hydrogens (tertiary/aromatic N) is 4. The molecular weight excluding hydrogens is 446 g/mol. The normalized spacial score (nSPS) is 22.7. The molecule has 6 rings (SSSR count). The van der Waals surface area contributed by atoms with E-state index >= 15 is 0 Å². The van der Waals surface area contributed by atoms with E-state index in [1.807, 2.05) is 15.9 Å². The summed E-state index contributed by atoms with van der Waals surface area (Å²) >= 11 is 1.91. The van der Waals surface area contributed by atoms with Crippen molar-refractivity contribution in [3.63, 3.8) is 0 Å². The van der Waals surface area contributed by atoms with Crippen molar-refractivity contribution in [3.8, 4) is 11.3 Å². The third-order valence-corrected chi connectivity index (χ3v) is 9.60. The van der Waals surface area contributed by atoms with Crippen molar-refractivity contribution in [3.05, 3.63) is 39.7 Å². The third kappa shape index (κ3) is 3.08. The van der Waals surface area contributed by atoms with Crippen LogP contribution in [0, 0.1) is 26.7 Å². The topological polar surface area (TPSA) is 86.5 Å². The molecule has 0 amide bonds. The van der Waals surface area contributed by atoms with E-state index in [-0.39, 0.29) is 6.54 Å². The van der Waals surface area contributed by atoms with Crippen LogP contribution in [-0.2, 0) is 4.79 Å². The van der Waals surface area contributed by atoms with Crippen molar-refractivity contribution in [2.75, 3.05) is 13.1 Å². The number of hydrogen-bond acceptors (Lipinski definition) is 5. The number of aromatic amines is 1. The number of carbonyl (C=O) groups is 1. The van der Waals surface area contributed by atoms with Gasteiger partial charge in [0.05, 0.1) is 12.2 Å². The fraction of sp³-hybridized carbons (Fsp3) is 0.500. The highest BCUT2D eigenvalue weighted by Gasteiger charge is 2.46. The number of pyridine rings is 1. The Hall–Kier alpha value is -2.71. The van der Waals surface area contributed by atoms with Crippen LogP contribution >= 0.6 is 11.3 Å². The van der Waals surface area contributed by atoms with Gasteiger partial charge in [-0.25, -0.2) is 9.50 Å². The zero-order chi connectivity index (χ0) is 23.9. The van der Waals surface area contributed by atoms with Crippen LogP contribution in [0.15, 0.2) is 12.5 Å².